The van der Waals surface area contributed by atoms with E-state index in [0.29, 0.717) is 35.8 Å². The molecule has 5 rings (SSSR count). The van der Waals surface area contributed by atoms with Gasteiger partial charge in [0.15, 0.2) is 17.0 Å². The van der Waals surface area contributed by atoms with Gasteiger partial charge in [0.2, 0.25) is 12.7 Å². The Morgan fingerprint density at radius 3 is 2.80 bits per heavy atom. The summed E-state index contributed by atoms with van der Waals surface area (Å²) in [5, 5.41) is 5.51. The van der Waals surface area contributed by atoms with Crippen molar-refractivity contribution in [1.82, 2.24) is 15.5 Å². The number of ether oxygens (including phenoxy) is 3. The third-order valence-corrected chi connectivity index (χ3v) is 5.49. The summed E-state index contributed by atoms with van der Waals surface area (Å²) in [6, 6.07) is 11.9. The van der Waals surface area contributed by atoms with Crippen LogP contribution in [0.2, 0.25) is 0 Å². The highest BCUT2D eigenvalue weighted by atomic mass is 16.7. The number of fused-ring (bicyclic) bond motifs is 3. The largest absolute Gasteiger partial charge is 0.493 e. The highest BCUT2D eigenvalue weighted by Gasteiger charge is 2.55. The highest BCUT2D eigenvalue weighted by Crippen LogP contribution is 2.40. The van der Waals surface area contributed by atoms with Crippen molar-refractivity contribution in [2.24, 2.45) is 0 Å². The molecule has 9 heteroatoms. The molecule has 1 spiro atoms. The van der Waals surface area contributed by atoms with E-state index in [1.165, 1.54) is 0 Å². The van der Waals surface area contributed by atoms with Gasteiger partial charge < -0.3 is 24.8 Å². The molecule has 4 amide bonds. The molecule has 3 heterocycles. The minimum atomic E-state index is -1.19. The quantitative estimate of drug-likeness (QED) is 0.737. The van der Waals surface area contributed by atoms with Gasteiger partial charge in [-0.2, -0.15) is 0 Å². The number of rotatable bonds is 4. The standard InChI is InChI=1S/C21H19N3O6/c25-18(22-10-13-5-6-16-17(9-13)30-12-29-16)11-24-19(26)21(23-20(24)27)7-8-28-15-4-2-1-3-14(15)21/h1-6,9H,7-8,10-12H2,(H,22,25)(H,23,27). The monoisotopic (exact) mass is 409 g/mol. The Labute approximate surface area is 171 Å². The molecule has 30 heavy (non-hydrogen) atoms. The van der Waals surface area contributed by atoms with Crippen LogP contribution in [0.15, 0.2) is 42.5 Å². The van der Waals surface area contributed by atoms with Gasteiger partial charge in [0.05, 0.1) is 6.61 Å². The van der Waals surface area contributed by atoms with Crippen LogP contribution in [0.5, 0.6) is 17.2 Å². The third-order valence-electron chi connectivity index (χ3n) is 5.49. The molecule has 0 aromatic heterocycles. The Bertz CT molecular complexity index is 1050. The minimum absolute atomic E-state index is 0.174. The fourth-order valence-electron chi connectivity index (χ4n) is 3.97. The summed E-state index contributed by atoms with van der Waals surface area (Å²) >= 11 is 0. The molecular formula is C21H19N3O6. The number of nitrogens with zero attached hydrogens (tertiary/aromatic N) is 1. The van der Waals surface area contributed by atoms with Gasteiger partial charge in [-0.15, -0.1) is 0 Å². The van der Waals surface area contributed by atoms with E-state index >= 15 is 0 Å². The van der Waals surface area contributed by atoms with Crippen molar-refractivity contribution >= 4 is 17.8 Å². The first-order valence-corrected chi connectivity index (χ1v) is 9.58. The summed E-state index contributed by atoms with van der Waals surface area (Å²) in [5.41, 5.74) is 0.237. The second kappa shape index (κ2) is 6.94. The van der Waals surface area contributed by atoms with Crippen molar-refractivity contribution in [2.75, 3.05) is 19.9 Å². The lowest BCUT2D eigenvalue weighted by Gasteiger charge is -2.33. The van der Waals surface area contributed by atoms with Crippen molar-refractivity contribution in [2.45, 2.75) is 18.5 Å². The summed E-state index contributed by atoms with van der Waals surface area (Å²) in [6.45, 7) is 0.349. The molecule has 2 aromatic carbocycles. The molecule has 0 bridgehead atoms. The number of benzene rings is 2. The zero-order chi connectivity index (χ0) is 20.7. The smallest absolute Gasteiger partial charge is 0.325 e. The Morgan fingerprint density at radius 1 is 1.07 bits per heavy atom. The van der Waals surface area contributed by atoms with Crippen LogP contribution >= 0.6 is 0 Å². The number of carbonyl (C=O) groups is 3. The number of amides is 4. The van der Waals surface area contributed by atoms with Gasteiger partial charge in [-0.25, -0.2) is 4.79 Å². The number of carbonyl (C=O) groups excluding carboxylic acids is 3. The van der Waals surface area contributed by atoms with E-state index < -0.39 is 23.4 Å². The molecule has 2 N–H and O–H groups in total. The summed E-state index contributed by atoms with van der Waals surface area (Å²) in [6.07, 6.45) is 0.309. The molecule has 3 aliphatic heterocycles. The number of hydrogen-bond donors (Lipinski definition) is 2. The van der Waals surface area contributed by atoms with Crippen LogP contribution in [0, 0.1) is 0 Å². The normalized spacial score (nSPS) is 21.3. The molecule has 9 nitrogen and oxygen atoms in total. The summed E-state index contributed by atoms with van der Waals surface area (Å²) in [5.74, 6) is 0.962. The second-order valence-electron chi connectivity index (χ2n) is 7.29. The van der Waals surface area contributed by atoms with Crippen molar-refractivity contribution < 1.29 is 28.6 Å². The fraction of sp³-hybridized carbons (Fsp3) is 0.286. The average Bonchev–Trinajstić information content (AvgIpc) is 3.31. The Kier molecular flexibility index (Phi) is 4.23. The molecule has 0 saturated carbocycles. The van der Waals surface area contributed by atoms with Crippen LogP contribution < -0.4 is 24.8 Å². The van der Waals surface area contributed by atoms with E-state index in [9.17, 15) is 14.4 Å². The topological polar surface area (TPSA) is 106 Å². The predicted octanol–water partition coefficient (Wildman–Crippen LogP) is 1.26. The van der Waals surface area contributed by atoms with Gasteiger partial charge in [0.1, 0.15) is 12.3 Å². The van der Waals surface area contributed by atoms with Gasteiger partial charge >= 0.3 is 6.03 Å². The molecule has 1 atom stereocenters. The summed E-state index contributed by atoms with van der Waals surface area (Å²) in [4.78, 5) is 39.1. The maximum absolute atomic E-state index is 13.2. The Balaban J connectivity index is 1.27. The maximum atomic E-state index is 13.2. The summed E-state index contributed by atoms with van der Waals surface area (Å²) in [7, 11) is 0. The zero-order valence-corrected chi connectivity index (χ0v) is 16.0. The van der Waals surface area contributed by atoms with E-state index in [1.807, 2.05) is 6.07 Å². The van der Waals surface area contributed by atoms with E-state index in [2.05, 4.69) is 10.6 Å². The molecule has 154 valence electrons. The van der Waals surface area contributed by atoms with Gasteiger partial charge in [-0.1, -0.05) is 24.3 Å². The minimum Gasteiger partial charge on any atom is -0.493 e. The molecule has 3 aliphatic rings. The summed E-state index contributed by atoms with van der Waals surface area (Å²) < 4.78 is 16.2. The first-order valence-electron chi connectivity index (χ1n) is 9.58. The van der Waals surface area contributed by atoms with Crippen LogP contribution in [-0.4, -0.2) is 42.7 Å². The van der Waals surface area contributed by atoms with E-state index in [4.69, 9.17) is 14.2 Å². The van der Waals surface area contributed by atoms with Crippen molar-refractivity contribution in [3.63, 3.8) is 0 Å². The molecule has 0 aliphatic carbocycles. The molecule has 1 fully saturated rings. The Hall–Kier alpha value is -3.75. The fourth-order valence-corrected chi connectivity index (χ4v) is 3.97. The average molecular weight is 409 g/mol. The highest BCUT2D eigenvalue weighted by molar-refractivity contribution is 6.09. The second-order valence-corrected chi connectivity index (χ2v) is 7.29. The van der Waals surface area contributed by atoms with Crippen LogP contribution in [0.4, 0.5) is 4.79 Å². The number of nitrogens with one attached hydrogen (secondary N) is 2. The third kappa shape index (κ3) is 2.90. The van der Waals surface area contributed by atoms with E-state index in [0.717, 1.165) is 10.5 Å². The van der Waals surface area contributed by atoms with Crippen molar-refractivity contribution in [3.05, 3.63) is 53.6 Å². The molecule has 1 unspecified atom stereocenters. The molecule has 1 saturated heterocycles. The number of hydrogen-bond acceptors (Lipinski definition) is 6. The van der Waals surface area contributed by atoms with Crippen LogP contribution in [0.25, 0.3) is 0 Å². The van der Waals surface area contributed by atoms with Crippen LogP contribution in [0.3, 0.4) is 0 Å². The first-order chi connectivity index (χ1) is 14.6. The van der Waals surface area contributed by atoms with Crippen molar-refractivity contribution in [3.8, 4) is 17.2 Å². The lowest BCUT2D eigenvalue weighted by atomic mass is 9.84. The maximum Gasteiger partial charge on any atom is 0.325 e. The van der Waals surface area contributed by atoms with Crippen LogP contribution in [-0.2, 0) is 21.7 Å². The van der Waals surface area contributed by atoms with E-state index in [1.54, 1.807) is 36.4 Å². The zero-order valence-electron chi connectivity index (χ0n) is 16.0. The predicted molar refractivity (Wildman–Crippen MR) is 103 cm³/mol. The SMILES string of the molecule is O=C(CN1C(=O)NC2(CCOc3ccccc32)C1=O)NCc1ccc2c(c1)OCO2. The lowest BCUT2D eigenvalue weighted by molar-refractivity contribution is -0.136. The van der Waals surface area contributed by atoms with Gasteiger partial charge in [-0.3, -0.25) is 14.5 Å². The molecule has 0 radical (unpaired) electrons. The van der Waals surface area contributed by atoms with Crippen molar-refractivity contribution in [1.29, 1.82) is 0 Å². The van der Waals surface area contributed by atoms with E-state index in [-0.39, 0.29) is 19.9 Å². The first kappa shape index (κ1) is 18.3. The van der Waals surface area contributed by atoms with Gasteiger partial charge in [0.25, 0.3) is 5.91 Å². The number of urea groups is 1. The van der Waals surface area contributed by atoms with Gasteiger partial charge in [0, 0.05) is 18.5 Å². The van der Waals surface area contributed by atoms with Crippen LogP contribution in [0.1, 0.15) is 17.5 Å². The number of imide groups is 1. The molecule has 2 aromatic rings. The van der Waals surface area contributed by atoms with Gasteiger partial charge in [-0.05, 0) is 23.8 Å². The molecular weight excluding hydrogens is 390 g/mol. The number of para-hydroxylation sites is 1. The Morgan fingerprint density at radius 2 is 1.90 bits per heavy atom. The lowest BCUT2D eigenvalue weighted by Crippen LogP contribution is -2.48.